The van der Waals surface area contributed by atoms with Crippen LogP contribution in [0.4, 0.5) is 0 Å². The molecule has 2 aromatic carbocycles. The van der Waals surface area contributed by atoms with Gasteiger partial charge in [0.05, 0.1) is 13.2 Å². The number of hydrogen-bond acceptors (Lipinski definition) is 5. The Bertz CT molecular complexity index is 687. The molecule has 2 rings (SSSR count). The lowest BCUT2D eigenvalue weighted by Gasteiger charge is -2.16. The zero-order valence-electron chi connectivity index (χ0n) is 16.1. The molecule has 8 heteroatoms. The SMILES string of the molecule is COc1cccc(CNCCNCC(C)O)c1OCc1ccccc1Cl.Cl.Cl. The average molecular weight is 452 g/mol. The molecule has 0 radical (unpaired) electrons. The maximum atomic E-state index is 9.23. The first-order valence-corrected chi connectivity index (χ1v) is 9.11. The quantitative estimate of drug-likeness (QED) is 0.453. The molecule has 1 atom stereocenters. The van der Waals surface area contributed by atoms with E-state index in [-0.39, 0.29) is 30.9 Å². The van der Waals surface area contributed by atoms with Gasteiger partial charge in [0.25, 0.3) is 0 Å². The molecule has 0 saturated carbocycles. The van der Waals surface area contributed by atoms with Crippen molar-refractivity contribution in [2.75, 3.05) is 26.7 Å². The normalized spacial score (nSPS) is 11.1. The summed E-state index contributed by atoms with van der Waals surface area (Å²) in [5.41, 5.74) is 1.95. The molecule has 158 valence electrons. The van der Waals surface area contributed by atoms with Crippen LogP contribution in [0, 0.1) is 0 Å². The third kappa shape index (κ3) is 8.86. The fourth-order valence-corrected chi connectivity index (χ4v) is 2.69. The van der Waals surface area contributed by atoms with Gasteiger partial charge in [-0.05, 0) is 19.1 Å². The molecule has 0 bridgehead atoms. The van der Waals surface area contributed by atoms with Crippen molar-refractivity contribution < 1.29 is 14.6 Å². The monoisotopic (exact) mass is 450 g/mol. The molecule has 0 aliphatic rings. The fourth-order valence-electron chi connectivity index (χ4n) is 2.50. The number of rotatable bonds is 11. The van der Waals surface area contributed by atoms with Crippen LogP contribution in [0.25, 0.3) is 0 Å². The standard InChI is InChI=1S/C20H27ClN2O3.2ClH/c1-15(24)12-22-10-11-23-13-16-7-5-9-19(25-2)20(16)26-14-17-6-3-4-8-18(17)21;;/h3-9,15,22-24H,10-14H2,1-2H3;2*1H. The summed E-state index contributed by atoms with van der Waals surface area (Å²) in [6.07, 6.45) is -0.335. The zero-order valence-corrected chi connectivity index (χ0v) is 18.5. The van der Waals surface area contributed by atoms with E-state index >= 15 is 0 Å². The molecule has 1 unspecified atom stereocenters. The van der Waals surface area contributed by atoms with Crippen LogP contribution in [-0.4, -0.2) is 38.0 Å². The van der Waals surface area contributed by atoms with Gasteiger partial charge in [-0.1, -0.05) is 41.9 Å². The van der Waals surface area contributed by atoms with Gasteiger partial charge in [0.2, 0.25) is 0 Å². The predicted molar refractivity (Wildman–Crippen MR) is 120 cm³/mol. The van der Waals surface area contributed by atoms with E-state index in [2.05, 4.69) is 10.6 Å². The van der Waals surface area contributed by atoms with E-state index in [4.69, 9.17) is 21.1 Å². The Kier molecular flexibility index (Phi) is 14.1. The van der Waals surface area contributed by atoms with Crippen LogP contribution in [0.1, 0.15) is 18.1 Å². The van der Waals surface area contributed by atoms with Crippen molar-refractivity contribution in [3.8, 4) is 11.5 Å². The number of aliphatic hydroxyl groups is 1. The van der Waals surface area contributed by atoms with Crippen LogP contribution in [0.5, 0.6) is 11.5 Å². The highest BCUT2D eigenvalue weighted by Crippen LogP contribution is 2.32. The maximum Gasteiger partial charge on any atom is 0.166 e. The van der Waals surface area contributed by atoms with E-state index in [1.54, 1.807) is 14.0 Å². The highest BCUT2D eigenvalue weighted by atomic mass is 35.5. The van der Waals surface area contributed by atoms with Gasteiger partial charge < -0.3 is 25.2 Å². The minimum atomic E-state index is -0.335. The lowest BCUT2D eigenvalue weighted by molar-refractivity contribution is 0.191. The molecular formula is C20H29Cl3N2O3. The number of benzene rings is 2. The van der Waals surface area contributed by atoms with Crippen LogP contribution in [0.2, 0.25) is 5.02 Å². The predicted octanol–water partition coefficient (Wildman–Crippen LogP) is 3.83. The van der Waals surface area contributed by atoms with Crippen molar-refractivity contribution in [3.05, 3.63) is 58.6 Å². The van der Waals surface area contributed by atoms with Crippen LogP contribution in [-0.2, 0) is 13.2 Å². The number of aliphatic hydroxyl groups excluding tert-OH is 1. The molecule has 3 N–H and O–H groups in total. The van der Waals surface area contributed by atoms with E-state index in [1.807, 2.05) is 42.5 Å². The van der Waals surface area contributed by atoms with E-state index in [9.17, 15) is 5.11 Å². The summed E-state index contributed by atoms with van der Waals surface area (Å²) in [4.78, 5) is 0. The van der Waals surface area contributed by atoms with Gasteiger partial charge in [-0.2, -0.15) is 0 Å². The summed E-state index contributed by atoms with van der Waals surface area (Å²) in [5.74, 6) is 1.42. The van der Waals surface area contributed by atoms with Gasteiger partial charge in [0.15, 0.2) is 11.5 Å². The number of halogens is 3. The third-order valence-electron chi connectivity index (χ3n) is 3.84. The Morgan fingerprint density at radius 3 is 2.36 bits per heavy atom. The molecule has 0 heterocycles. The van der Waals surface area contributed by atoms with Crippen molar-refractivity contribution in [2.24, 2.45) is 0 Å². The van der Waals surface area contributed by atoms with Gasteiger partial charge in [-0.15, -0.1) is 24.8 Å². The van der Waals surface area contributed by atoms with Crippen molar-refractivity contribution in [3.63, 3.8) is 0 Å². The number of para-hydroxylation sites is 1. The third-order valence-corrected chi connectivity index (χ3v) is 4.21. The van der Waals surface area contributed by atoms with E-state index in [1.165, 1.54) is 0 Å². The molecule has 2 aromatic rings. The summed E-state index contributed by atoms with van der Waals surface area (Å²) in [6, 6.07) is 13.5. The topological polar surface area (TPSA) is 62.8 Å². The maximum absolute atomic E-state index is 9.23. The zero-order chi connectivity index (χ0) is 18.8. The summed E-state index contributed by atoms with van der Waals surface area (Å²) in [7, 11) is 1.63. The Hall–Kier alpha value is -1.21. The first-order chi connectivity index (χ1) is 12.6. The van der Waals surface area contributed by atoms with Crippen molar-refractivity contribution in [2.45, 2.75) is 26.2 Å². The molecule has 5 nitrogen and oxygen atoms in total. The lowest BCUT2D eigenvalue weighted by atomic mass is 10.1. The molecule has 0 aliphatic carbocycles. The highest BCUT2D eigenvalue weighted by Gasteiger charge is 2.11. The summed E-state index contributed by atoms with van der Waals surface area (Å²) in [5, 5.41) is 16.5. The second-order valence-corrected chi connectivity index (χ2v) is 6.47. The number of ether oxygens (including phenoxy) is 2. The molecule has 28 heavy (non-hydrogen) atoms. The van der Waals surface area contributed by atoms with Gasteiger partial charge in [-0.25, -0.2) is 0 Å². The Morgan fingerprint density at radius 1 is 1.00 bits per heavy atom. The molecule has 0 aliphatic heterocycles. The lowest BCUT2D eigenvalue weighted by Crippen LogP contribution is -2.31. The van der Waals surface area contributed by atoms with Crippen LogP contribution >= 0.6 is 36.4 Å². The van der Waals surface area contributed by atoms with Crippen LogP contribution in [0.15, 0.2) is 42.5 Å². The van der Waals surface area contributed by atoms with Crippen molar-refractivity contribution in [1.82, 2.24) is 10.6 Å². The molecular weight excluding hydrogens is 423 g/mol. The largest absolute Gasteiger partial charge is 0.493 e. The molecule has 0 aromatic heterocycles. The molecule has 0 saturated heterocycles. The van der Waals surface area contributed by atoms with Gasteiger partial charge in [-0.3, -0.25) is 0 Å². The Morgan fingerprint density at radius 2 is 1.68 bits per heavy atom. The average Bonchev–Trinajstić information content (AvgIpc) is 2.64. The van der Waals surface area contributed by atoms with E-state index in [0.717, 1.165) is 30.0 Å². The fraction of sp³-hybridized carbons (Fsp3) is 0.400. The minimum absolute atomic E-state index is 0. The van der Waals surface area contributed by atoms with E-state index < -0.39 is 0 Å². The first kappa shape index (κ1) is 26.8. The van der Waals surface area contributed by atoms with Crippen LogP contribution in [0.3, 0.4) is 0 Å². The summed E-state index contributed by atoms with van der Waals surface area (Å²) >= 11 is 6.21. The molecule has 0 fully saturated rings. The Balaban J connectivity index is 0.00000364. The Labute approximate surface area is 184 Å². The molecule has 0 spiro atoms. The van der Waals surface area contributed by atoms with E-state index in [0.29, 0.717) is 30.5 Å². The highest BCUT2D eigenvalue weighted by molar-refractivity contribution is 6.31. The minimum Gasteiger partial charge on any atom is -0.493 e. The number of methoxy groups -OCH3 is 1. The van der Waals surface area contributed by atoms with Gasteiger partial charge in [0, 0.05) is 42.3 Å². The van der Waals surface area contributed by atoms with Crippen molar-refractivity contribution >= 4 is 36.4 Å². The van der Waals surface area contributed by atoms with Gasteiger partial charge in [0.1, 0.15) is 6.61 Å². The smallest absolute Gasteiger partial charge is 0.166 e. The second kappa shape index (κ2) is 14.7. The number of hydrogen-bond donors (Lipinski definition) is 3. The summed E-state index contributed by atoms with van der Waals surface area (Å²) < 4.78 is 11.5. The van der Waals surface area contributed by atoms with Gasteiger partial charge >= 0.3 is 0 Å². The molecule has 0 amide bonds. The van der Waals surface area contributed by atoms with Crippen LogP contribution < -0.4 is 20.1 Å². The second-order valence-electron chi connectivity index (χ2n) is 6.06. The van der Waals surface area contributed by atoms with Crippen molar-refractivity contribution in [1.29, 1.82) is 0 Å². The summed E-state index contributed by atoms with van der Waals surface area (Å²) in [6.45, 7) is 4.96. The first-order valence-electron chi connectivity index (χ1n) is 8.73. The number of nitrogens with one attached hydrogen (secondary N) is 2.